The Bertz CT molecular complexity index is 387. The van der Waals surface area contributed by atoms with Gasteiger partial charge in [0.1, 0.15) is 18.2 Å². The fourth-order valence-electron chi connectivity index (χ4n) is 2.40. The van der Waals surface area contributed by atoms with Crippen molar-refractivity contribution in [1.82, 2.24) is 9.97 Å². The summed E-state index contributed by atoms with van der Waals surface area (Å²) in [5, 5.41) is 3.23. The van der Waals surface area contributed by atoms with E-state index in [1.807, 2.05) is 6.92 Å². The van der Waals surface area contributed by atoms with Crippen molar-refractivity contribution in [3.63, 3.8) is 0 Å². The number of hydrogen-bond acceptors (Lipinski definition) is 4. The van der Waals surface area contributed by atoms with Gasteiger partial charge in [-0.05, 0) is 45.4 Å². The second-order valence-electron chi connectivity index (χ2n) is 5.18. The van der Waals surface area contributed by atoms with Crippen LogP contribution in [0.1, 0.15) is 45.1 Å². The monoisotopic (exact) mass is 249 g/mol. The smallest absolute Gasteiger partial charge is 0.221 e. The minimum absolute atomic E-state index is 0.323. The van der Waals surface area contributed by atoms with Crippen molar-refractivity contribution in [2.75, 3.05) is 11.9 Å². The van der Waals surface area contributed by atoms with Gasteiger partial charge < -0.3 is 10.1 Å². The number of nitrogens with zero attached hydrogens (tertiary/aromatic N) is 2. The summed E-state index contributed by atoms with van der Waals surface area (Å²) < 4.78 is 6.03. The van der Waals surface area contributed by atoms with E-state index >= 15 is 0 Å². The fourth-order valence-corrected chi connectivity index (χ4v) is 2.40. The van der Waals surface area contributed by atoms with Crippen LogP contribution in [0, 0.1) is 12.8 Å². The van der Waals surface area contributed by atoms with Gasteiger partial charge in [-0.15, -0.1) is 0 Å². The predicted molar refractivity (Wildman–Crippen MR) is 73.0 cm³/mol. The van der Waals surface area contributed by atoms with E-state index in [1.54, 1.807) is 6.33 Å². The van der Waals surface area contributed by atoms with Crippen LogP contribution >= 0.6 is 0 Å². The van der Waals surface area contributed by atoms with Crippen molar-refractivity contribution in [3.8, 4) is 5.88 Å². The van der Waals surface area contributed by atoms with E-state index < -0.39 is 0 Å². The molecule has 1 saturated carbocycles. The molecule has 1 fully saturated rings. The van der Waals surface area contributed by atoms with Crippen molar-refractivity contribution in [3.05, 3.63) is 11.9 Å². The molecule has 0 unspecified atom stereocenters. The molecule has 100 valence electrons. The standard InChI is InChI=1S/C14H23N3O/c1-4-15-13-11(3)14(17-9-16-13)18-12-7-5-10(2)6-8-12/h9-10,12H,4-8H2,1-3H3,(H,15,16,17). The van der Waals surface area contributed by atoms with Crippen molar-refractivity contribution in [1.29, 1.82) is 0 Å². The van der Waals surface area contributed by atoms with Gasteiger partial charge in [0.05, 0.1) is 5.56 Å². The van der Waals surface area contributed by atoms with E-state index in [4.69, 9.17) is 4.74 Å². The number of nitrogens with one attached hydrogen (secondary N) is 1. The van der Waals surface area contributed by atoms with Crippen LogP contribution in [0.2, 0.25) is 0 Å². The highest BCUT2D eigenvalue weighted by Crippen LogP contribution is 2.28. The zero-order valence-corrected chi connectivity index (χ0v) is 11.6. The molecule has 1 aliphatic carbocycles. The lowest BCUT2D eigenvalue weighted by Crippen LogP contribution is -2.24. The summed E-state index contributed by atoms with van der Waals surface area (Å²) in [6.07, 6.45) is 6.70. The molecule has 18 heavy (non-hydrogen) atoms. The van der Waals surface area contributed by atoms with E-state index in [9.17, 15) is 0 Å². The van der Waals surface area contributed by atoms with Gasteiger partial charge in [0.25, 0.3) is 0 Å². The molecule has 0 amide bonds. The van der Waals surface area contributed by atoms with E-state index in [2.05, 4.69) is 29.1 Å². The van der Waals surface area contributed by atoms with Gasteiger partial charge >= 0.3 is 0 Å². The van der Waals surface area contributed by atoms with Crippen molar-refractivity contribution in [2.24, 2.45) is 5.92 Å². The largest absolute Gasteiger partial charge is 0.474 e. The molecule has 1 aliphatic rings. The van der Waals surface area contributed by atoms with Crippen molar-refractivity contribution < 1.29 is 4.74 Å². The molecule has 0 bridgehead atoms. The molecule has 1 heterocycles. The quantitative estimate of drug-likeness (QED) is 0.890. The minimum atomic E-state index is 0.323. The Morgan fingerprint density at radius 3 is 2.67 bits per heavy atom. The van der Waals surface area contributed by atoms with Crippen LogP contribution in [-0.4, -0.2) is 22.6 Å². The third kappa shape index (κ3) is 3.12. The van der Waals surface area contributed by atoms with Crippen LogP contribution in [0.25, 0.3) is 0 Å². The summed E-state index contributed by atoms with van der Waals surface area (Å²) in [5.41, 5.74) is 1.01. The first kappa shape index (κ1) is 13.1. The molecule has 0 aromatic carbocycles. The third-order valence-electron chi connectivity index (χ3n) is 3.62. The number of hydrogen-bond donors (Lipinski definition) is 1. The Hall–Kier alpha value is -1.32. The van der Waals surface area contributed by atoms with Gasteiger partial charge in [-0.25, -0.2) is 9.97 Å². The van der Waals surface area contributed by atoms with E-state index in [1.165, 1.54) is 12.8 Å². The molecule has 0 saturated heterocycles. The van der Waals surface area contributed by atoms with Crippen LogP contribution in [0.5, 0.6) is 5.88 Å². The average molecular weight is 249 g/mol. The number of anilines is 1. The highest BCUT2D eigenvalue weighted by Gasteiger charge is 2.21. The second-order valence-corrected chi connectivity index (χ2v) is 5.18. The van der Waals surface area contributed by atoms with Gasteiger partial charge in [0.15, 0.2) is 0 Å². The lowest BCUT2D eigenvalue weighted by atomic mass is 9.89. The zero-order chi connectivity index (χ0) is 13.0. The fraction of sp³-hybridized carbons (Fsp3) is 0.714. The van der Waals surface area contributed by atoms with Gasteiger partial charge in [-0.3, -0.25) is 0 Å². The summed E-state index contributed by atoms with van der Waals surface area (Å²) >= 11 is 0. The van der Waals surface area contributed by atoms with Gasteiger partial charge in [-0.2, -0.15) is 0 Å². The maximum Gasteiger partial charge on any atom is 0.221 e. The van der Waals surface area contributed by atoms with Gasteiger partial charge in [0.2, 0.25) is 5.88 Å². The Morgan fingerprint density at radius 2 is 2.00 bits per heavy atom. The first-order valence-electron chi connectivity index (χ1n) is 6.92. The molecule has 0 spiro atoms. The molecule has 1 N–H and O–H groups in total. The van der Waals surface area contributed by atoms with E-state index in [0.29, 0.717) is 6.10 Å². The second kappa shape index (κ2) is 6.03. The number of ether oxygens (including phenoxy) is 1. The molecular weight excluding hydrogens is 226 g/mol. The van der Waals surface area contributed by atoms with Crippen LogP contribution in [-0.2, 0) is 0 Å². The molecule has 4 heteroatoms. The van der Waals surface area contributed by atoms with Gasteiger partial charge in [0, 0.05) is 6.54 Å². The highest BCUT2D eigenvalue weighted by atomic mass is 16.5. The Kier molecular flexibility index (Phi) is 4.39. The maximum atomic E-state index is 6.03. The summed E-state index contributed by atoms with van der Waals surface area (Å²) in [6, 6.07) is 0. The molecule has 1 aromatic rings. The van der Waals surface area contributed by atoms with Crippen LogP contribution < -0.4 is 10.1 Å². The van der Waals surface area contributed by atoms with Crippen molar-refractivity contribution in [2.45, 2.75) is 52.6 Å². The molecule has 2 rings (SSSR count). The molecule has 4 nitrogen and oxygen atoms in total. The predicted octanol–water partition coefficient (Wildman–Crippen LogP) is 3.17. The van der Waals surface area contributed by atoms with Gasteiger partial charge in [-0.1, -0.05) is 6.92 Å². The molecular formula is C14H23N3O. The minimum Gasteiger partial charge on any atom is -0.474 e. The van der Waals surface area contributed by atoms with Crippen LogP contribution in [0.3, 0.4) is 0 Å². The average Bonchev–Trinajstić information content (AvgIpc) is 2.37. The van der Waals surface area contributed by atoms with Crippen LogP contribution in [0.4, 0.5) is 5.82 Å². The topological polar surface area (TPSA) is 47.0 Å². The zero-order valence-electron chi connectivity index (χ0n) is 11.6. The SMILES string of the molecule is CCNc1ncnc(OC2CCC(C)CC2)c1C. The Morgan fingerprint density at radius 1 is 1.28 bits per heavy atom. The normalized spacial score (nSPS) is 23.7. The van der Waals surface area contributed by atoms with Crippen LogP contribution in [0.15, 0.2) is 6.33 Å². The molecule has 0 radical (unpaired) electrons. The Labute approximate surface area is 109 Å². The lowest BCUT2D eigenvalue weighted by molar-refractivity contribution is 0.129. The third-order valence-corrected chi connectivity index (χ3v) is 3.62. The molecule has 0 atom stereocenters. The number of aromatic nitrogens is 2. The van der Waals surface area contributed by atoms with Crippen molar-refractivity contribution >= 4 is 5.82 Å². The maximum absolute atomic E-state index is 6.03. The molecule has 1 aromatic heterocycles. The Balaban J connectivity index is 2.02. The first-order valence-corrected chi connectivity index (χ1v) is 6.92. The van der Waals surface area contributed by atoms with E-state index in [0.717, 1.165) is 42.6 Å². The molecule has 0 aliphatic heterocycles. The summed E-state index contributed by atoms with van der Waals surface area (Å²) in [4.78, 5) is 8.49. The summed E-state index contributed by atoms with van der Waals surface area (Å²) in [5.74, 6) is 2.46. The summed E-state index contributed by atoms with van der Waals surface area (Å²) in [6.45, 7) is 7.25. The first-order chi connectivity index (χ1) is 8.70. The lowest BCUT2D eigenvalue weighted by Gasteiger charge is -2.27. The summed E-state index contributed by atoms with van der Waals surface area (Å²) in [7, 11) is 0. The van der Waals surface area contributed by atoms with E-state index in [-0.39, 0.29) is 0 Å². The highest BCUT2D eigenvalue weighted by molar-refractivity contribution is 5.47. The number of rotatable bonds is 4.